The van der Waals surface area contributed by atoms with Crippen LogP contribution in [0.2, 0.25) is 0 Å². The van der Waals surface area contributed by atoms with Gasteiger partial charge in [-0.3, -0.25) is 0 Å². The Hall–Kier alpha value is -1.05. The molecule has 0 aliphatic rings. The van der Waals surface area contributed by atoms with Crippen LogP contribution in [0.1, 0.15) is 5.69 Å². The Labute approximate surface area is 61.5 Å². The summed E-state index contributed by atoms with van der Waals surface area (Å²) in [6.45, 7) is 2.05. The zero-order chi connectivity index (χ0) is 7.56. The molecule has 0 unspecified atom stereocenters. The van der Waals surface area contributed by atoms with Gasteiger partial charge in [0.1, 0.15) is 13.2 Å². The fourth-order valence-corrected chi connectivity index (χ4v) is 0.776. The summed E-state index contributed by atoms with van der Waals surface area (Å²) in [5.41, 5.74) is 2.31. The number of aromatic nitrogens is 1. The molecule has 1 heterocycles. The summed E-state index contributed by atoms with van der Waals surface area (Å²) in [5, 5.41) is 3.05. The van der Waals surface area contributed by atoms with Crippen molar-refractivity contribution in [1.82, 2.24) is 0 Å². The average molecular weight is 136 g/mol. The highest BCUT2D eigenvalue weighted by Gasteiger charge is 1.89. The molecule has 0 radical (unpaired) electrons. The predicted octanol–water partition coefficient (Wildman–Crippen LogP) is 0.661. The second-order valence-electron chi connectivity index (χ2n) is 2.32. The van der Waals surface area contributed by atoms with Crippen molar-refractivity contribution >= 4 is 5.69 Å². The van der Waals surface area contributed by atoms with E-state index in [4.69, 9.17) is 0 Å². The highest BCUT2D eigenvalue weighted by Crippen LogP contribution is 2.02. The van der Waals surface area contributed by atoms with Crippen LogP contribution in [-0.4, -0.2) is 7.05 Å². The fourth-order valence-electron chi connectivity index (χ4n) is 0.776. The summed E-state index contributed by atoms with van der Waals surface area (Å²) in [4.78, 5) is 0. The normalized spacial score (nSPS) is 9.50. The first-order chi connectivity index (χ1) is 4.74. The number of pyridine rings is 1. The van der Waals surface area contributed by atoms with E-state index in [-0.39, 0.29) is 0 Å². The van der Waals surface area contributed by atoms with Crippen molar-refractivity contribution in [3.8, 4) is 0 Å². The van der Waals surface area contributed by atoms with Crippen molar-refractivity contribution < 1.29 is 4.57 Å². The molecule has 2 nitrogen and oxygen atoms in total. The zero-order valence-electron chi connectivity index (χ0n) is 6.60. The zero-order valence-corrected chi connectivity index (χ0v) is 6.60. The van der Waals surface area contributed by atoms with Crippen LogP contribution in [0.5, 0.6) is 0 Å². The third-order valence-electron chi connectivity index (χ3n) is 1.60. The lowest BCUT2D eigenvalue weighted by atomic mass is 10.3. The van der Waals surface area contributed by atoms with E-state index in [2.05, 4.69) is 24.5 Å². The molecular formula is C8H12N2. The molecule has 1 aromatic rings. The lowest BCUT2D eigenvalue weighted by Gasteiger charge is -2.06. The molecule has 0 bridgehead atoms. The fraction of sp³-hybridized carbons (Fsp3) is 0.375. The monoisotopic (exact) mass is 136 g/mol. The van der Waals surface area contributed by atoms with E-state index in [1.807, 2.05) is 24.7 Å². The summed E-state index contributed by atoms with van der Waals surface area (Å²) in [7, 11) is 3.89. The first-order valence-electron chi connectivity index (χ1n) is 3.30. The summed E-state index contributed by atoms with van der Waals surface area (Å²) >= 11 is 0. The van der Waals surface area contributed by atoms with Gasteiger partial charge in [0.25, 0.3) is 0 Å². The van der Waals surface area contributed by atoms with Gasteiger partial charge in [0.15, 0.2) is 0 Å². The first kappa shape index (κ1) is 7.06. The molecule has 0 aromatic carbocycles. The van der Waals surface area contributed by atoms with Crippen LogP contribution in [0.4, 0.5) is 5.69 Å². The van der Waals surface area contributed by atoms with Gasteiger partial charge in [-0.1, -0.05) is 17.8 Å². The highest BCUT2D eigenvalue weighted by atomic mass is 14.9. The molecule has 1 aromatic heterocycles. The maximum absolute atomic E-state index is 3.07. The summed E-state index contributed by atoms with van der Waals surface area (Å²) in [6.07, 6.45) is 3.07. The first-order valence-corrected chi connectivity index (χ1v) is 3.30. The Morgan fingerprint density at radius 3 is 2.80 bits per heavy atom. The van der Waals surface area contributed by atoms with Gasteiger partial charge in [-0.2, -0.15) is 0 Å². The van der Waals surface area contributed by atoms with E-state index in [1.54, 1.807) is 0 Å². The minimum absolute atomic E-state index is 1.11. The van der Waals surface area contributed by atoms with Crippen molar-refractivity contribution in [1.29, 1.82) is 0 Å². The van der Waals surface area contributed by atoms with E-state index in [0.29, 0.717) is 0 Å². The van der Waals surface area contributed by atoms with Crippen LogP contribution in [0.15, 0.2) is 12.1 Å². The van der Waals surface area contributed by atoms with Crippen LogP contribution >= 0.6 is 0 Å². The van der Waals surface area contributed by atoms with Crippen LogP contribution < -0.4 is 9.88 Å². The second-order valence-corrected chi connectivity index (χ2v) is 2.32. The average Bonchev–Trinajstić information content (AvgIpc) is 1.95. The van der Waals surface area contributed by atoms with Crippen molar-refractivity contribution in [3.63, 3.8) is 0 Å². The van der Waals surface area contributed by atoms with Crippen LogP contribution in [-0.2, 0) is 7.05 Å². The van der Waals surface area contributed by atoms with E-state index in [9.17, 15) is 0 Å². The van der Waals surface area contributed by atoms with Crippen molar-refractivity contribution in [2.75, 3.05) is 12.4 Å². The number of anilines is 1. The van der Waals surface area contributed by atoms with Crippen LogP contribution in [0.3, 0.4) is 0 Å². The largest absolute Gasteiger partial charge is 0.439 e. The molecule has 0 fully saturated rings. The standard InChI is InChI=1S/C8H12N2/c1-7-6-8(9-2)4-5-10(7)3/h4,6,9H,1-3H3. The lowest BCUT2D eigenvalue weighted by Crippen LogP contribution is -2.31. The molecule has 0 aliphatic heterocycles. The predicted molar refractivity (Wildman–Crippen MR) is 40.7 cm³/mol. The smallest absolute Gasteiger partial charge is 0.115 e. The molecule has 2 heteroatoms. The van der Waals surface area contributed by atoms with E-state index in [1.165, 1.54) is 5.69 Å². The molecule has 0 saturated heterocycles. The molecule has 0 saturated carbocycles. The van der Waals surface area contributed by atoms with E-state index >= 15 is 0 Å². The Bertz CT molecular complexity index is 231. The van der Waals surface area contributed by atoms with Crippen molar-refractivity contribution in [3.05, 3.63) is 24.0 Å². The topological polar surface area (TPSA) is 15.9 Å². The lowest BCUT2D eigenvalue weighted by molar-refractivity contribution is -0.681. The minimum Gasteiger partial charge on any atom is -0.439 e. The third-order valence-corrected chi connectivity index (χ3v) is 1.60. The number of nitrogens with zero attached hydrogens (tertiary/aromatic N) is 1. The van der Waals surface area contributed by atoms with Gasteiger partial charge >= 0.3 is 0 Å². The van der Waals surface area contributed by atoms with Gasteiger partial charge in [0.05, 0.1) is 5.69 Å². The highest BCUT2D eigenvalue weighted by molar-refractivity contribution is 5.40. The summed E-state index contributed by atoms with van der Waals surface area (Å²) < 4.78 is 1.96. The quantitative estimate of drug-likeness (QED) is 0.443. The van der Waals surface area contributed by atoms with Gasteiger partial charge in [-0.05, 0) is 14.0 Å². The SMILES string of the molecule is CNc1c[c-][n+](C)c(C)c1. The van der Waals surface area contributed by atoms with Crippen LogP contribution in [0, 0.1) is 13.1 Å². The third kappa shape index (κ3) is 1.26. The second kappa shape index (κ2) is 2.69. The number of rotatable bonds is 1. The van der Waals surface area contributed by atoms with Gasteiger partial charge in [0.2, 0.25) is 0 Å². The Kier molecular flexibility index (Phi) is 1.90. The van der Waals surface area contributed by atoms with E-state index in [0.717, 1.165) is 5.69 Å². The Morgan fingerprint density at radius 2 is 2.30 bits per heavy atom. The van der Waals surface area contributed by atoms with E-state index < -0.39 is 0 Å². The summed E-state index contributed by atoms with van der Waals surface area (Å²) in [6, 6.07) is 4.00. The minimum atomic E-state index is 1.11. The van der Waals surface area contributed by atoms with Crippen molar-refractivity contribution in [2.24, 2.45) is 7.05 Å². The van der Waals surface area contributed by atoms with Crippen LogP contribution in [0.25, 0.3) is 0 Å². The maximum Gasteiger partial charge on any atom is 0.115 e. The summed E-state index contributed by atoms with van der Waals surface area (Å²) in [5.74, 6) is 0. The molecule has 54 valence electrons. The Balaban J connectivity index is 3.04. The molecule has 0 atom stereocenters. The number of nitrogens with one attached hydrogen (secondary N) is 1. The molecular weight excluding hydrogens is 124 g/mol. The molecule has 0 aliphatic carbocycles. The van der Waals surface area contributed by atoms with Crippen molar-refractivity contribution in [2.45, 2.75) is 6.92 Å². The molecule has 0 amide bonds. The van der Waals surface area contributed by atoms with Gasteiger partial charge in [0, 0.05) is 0 Å². The maximum atomic E-state index is 3.07. The molecule has 10 heavy (non-hydrogen) atoms. The molecule has 1 rings (SSSR count). The number of hydrogen-bond acceptors (Lipinski definition) is 1. The van der Waals surface area contributed by atoms with Gasteiger partial charge < -0.3 is 9.88 Å². The Morgan fingerprint density at radius 1 is 1.60 bits per heavy atom. The number of aryl methyl sites for hydroxylation is 2. The van der Waals surface area contributed by atoms with Gasteiger partial charge in [-0.25, -0.2) is 0 Å². The van der Waals surface area contributed by atoms with Gasteiger partial charge in [-0.15, -0.1) is 0 Å². The molecule has 0 spiro atoms. The number of hydrogen-bond donors (Lipinski definition) is 1. The molecule has 1 N–H and O–H groups in total.